The van der Waals surface area contributed by atoms with Gasteiger partial charge in [0.15, 0.2) is 0 Å². The summed E-state index contributed by atoms with van der Waals surface area (Å²) < 4.78 is 7.78. The number of aliphatic hydroxyl groups excluding tert-OH is 1. The number of amides is 1. The second kappa shape index (κ2) is 11.9. The first kappa shape index (κ1) is 24.9. The molecule has 5 rings (SSSR count). The third kappa shape index (κ3) is 5.41. The van der Waals surface area contributed by atoms with Crippen LogP contribution >= 0.6 is 0 Å². The maximum absolute atomic E-state index is 12.3. The number of nitrogens with zero attached hydrogens (tertiary/aromatic N) is 2. The normalized spacial score (nSPS) is 15.1. The van der Waals surface area contributed by atoms with Crippen LogP contribution < -0.4 is 11.1 Å². The lowest BCUT2D eigenvalue weighted by atomic mass is 9.98. The summed E-state index contributed by atoms with van der Waals surface area (Å²) in [5, 5.41) is 9.89. The van der Waals surface area contributed by atoms with Crippen LogP contribution in [0.15, 0.2) is 55.0 Å². The molecular weight excluding hydrogens is 432 g/mol. The van der Waals surface area contributed by atoms with E-state index < -0.39 is 0 Å². The predicted octanol–water partition coefficient (Wildman–Crippen LogP) is 2.70. The standard InChI is InChI=1S/C18H16N2O2.C7H10N2O.CH4O/c19-8-7-11-5-6-13-12(9-11)10-22-17(13)16-14-3-1-2-4-15(14)20-18(16)21;1-9-6-8-5-7(9)3-2-4-10;1-2/h1-6,9H,7-8,10,19H2,(H,20,21);4-6H,2-3H2,1H3;2H,1H3/b17-16+;;. The fourth-order valence-electron chi connectivity index (χ4n) is 3.92. The summed E-state index contributed by atoms with van der Waals surface area (Å²) in [6.45, 7) is 1.13. The van der Waals surface area contributed by atoms with E-state index >= 15 is 0 Å². The van der Waals surface area contributed by atoms with Crippen LogP contribution in [0.2, 0.25) is 0 Å². The number of anilines is 1. The number of carbonyl (C=O) groups excluding carboxylic acids is 2. The largest absolute Gasteiger partial charge is 0.487 e. The molecule has 0 atom stereocenters. The Balaban J connectivity index is 0.000000228. The minimum Gasteiger partial charge on any atom is -0.487 e. The van der Waals surface area contributed by atoms with Crippen molar-refractivity contribution in [2.75, 3.05) is 19.0 Å². The summed E-state index contributed by atoms with van der Waals surface area (Å²) in [5.41, 5.74) is 12.4. The van der Waals surface area contributed by atoms with Crippen molar-refractivity contribution in [3.05, 3.63) is 82.9 Å². The molecule has 0 fully saturated rings. The van der Waals surface area contributed by atoms with Gasteiger partial charge in [0, 0.05) is 54.8 Å². The molecule has 0 radical (unpaired) electrons. The van der Waals surface area contributed by atoms with E-state index in [1.54, 1.807) is 12.5 Å². The lowest BCUT2D eigenvalue weighted by Crippen LogP contribution is -2.05. The van der Waals surface area contributed by atoms with E-state index in [0.717, 1.165) is 54.3 Å². The number of aromatic nitrogens is 2. The van der Waals surface area contributed by atoms with Crippen LogP contribution in [0.4, 0.5) is 5.69 Å². The first-order valence-corrected chi connectivity index (χ1v) is 11.1. The van der Waals surface area contributed by atoms with Crippen LogP contribution in [0.1, 0.15) is 34.4 Å². The molecule has 4 N–H and O–H groups in total. The third-order valence-electron chi connectivity index (χ3n) is 5.55. The number of nitrogens with two attached hydrogens (primary N) is 1. The number of fused-ring (bicyclic) bond motifs is 2. The quantitative estimate of drug-likeness (QED) is 0.396. The number of imidazole rings is 1. The number of nitrogens with one attached hydrogen (secondary N) is 1. The van der Waals surface area contributed by atoms with Gasteiger partial charge in [0.1, 0.15) is 18.7 Å². The number of hydrogen-bond donors (Lipinski definition) is 3. The lowest BCUT2D eigenvalue weighted by molar-refractivity contribution is -0.111. The molecule has 2 aliphatic rings. The van der Waals surface area contributed by atoms with Crippen molar-refractivity contribution in [1.29, 1.82) is 0 Å². The molecule has 2 aliphatic heterocycles. The SMILES string of the molecule is CO.Cn1cncc1CCC=O.NCCc1ccc2c(c1)CO/C2=C1/C(=O)Nc2ccccc21. The number of aryl methyl sites for hydroxylation is 2. The van der Waals surface area contributed by atoms with Gasteiger partial charge in [-0.15, -0.1) is 0 Å². The Hall–Kier alpha value is -3.75. The zero-order valence-corrected chi connectivity index (χ0v) is 19.5. The fourth-order valence-corrected chi connectivity index (χ4v) is 3.92. The predicted molar refractivity (Wildman–Crippen MR) is 132 cm³/mol. The summed E-state index contributed by atoms with van der Waals surface area (Å²) in [7, 11) is 2.92. The van der Waals surface area contributed by atoms with Crippen LogP contribution in [0.5, 0.6) is 0 Å². The van der Waals surface area contributed by atoms with Gasteiger partial charge in [0.2, 0.25) is 0 Å². The molecular formula is C26H30N4O4. The van der Waals surface area contributed by atoms with Gasteiger partial charge >= 0.3 is 0 Å². The first-order valence-electron chi connectivity index (χ1n) is 11.1. The first-order chi connectivity index (χ1) is 16.6. The van der Waals surface area contributed by atoms with Crippen molar-refractivity contribution in [3.63, 3.8) is 0 Å². The maximum atomic E-state index is 12.3. The van der Waals surface area contributed by atoms with Gasteiger partial charge < -0.3 is 30.3 Å². The highest BCUT2D eigenvalue weighted by Crippen LogP contribution is 2.41. The summed E-state index contributed by atoms with van der Waals surface area (Å²) in [4.78, 5) is 26.2. The van der Waals surface area contributed by atoms with E-state index in [9.17, 15) is 9.59 Å². The summed E-state index contributed by atoms with van der Waals surface area (Å²) in [5.74, 6) is 0.576. The Kier molecular flexibility index (Phi) is 8.73. The number of hydrogen-bond acceptors (Lipinski definition) is 6. The number of carbonyl (C=O) groups is 2. The monoisotopic (exact) mass is 462 g/mol. The van der Waals surface area contributed by atoms with Crippen molar-refractivity contribution in [2.45, 2.75) is 25.9 Å². The molecule has 0 spiro atoms. The fraction of sp³-hybridized carbons (Fsp3) is 0.269. The minimum absolute atomic E-state index is 0.102. The van der Waals surface area contributed by atoms with Gasteiger partial charge in [0.25, 0.3) is 5.91 Å². The van der Waals surface area contributed by atoms with Crippen LogP contribution in [0.3, 0.4) is 0 Å². The van der Waals surface area contributed by atoms with Crippen molar-refractivity contribution >= 4 is 29.2 Å². The van der Waals surface area contributed by atoms with Gasteiger partial charge in [-0.2, -0.15) is 0 Å². The smallest absolute Gasteiger partial charge is 0.260 e. The van der Waals surface area contributed by atoms with Gasteiger partial charge in [-0.05, 0) is 31.0 Å². The van der Waals surface area contributed by atoms with Crippen LogP contribution in [0, 0.1) is 0 Å². The molecule has 0 unspecified atom stereocenters. The summed E-state index contributed by atoms with van der Waals surface area (Å²) >= 11 is 0. The molecule has 34 heavy (non-hydrogen) atoms. The molecule has 3 heterocycles. The Labute approximate surface area is 199 Å². The summed E-state index contributed by atoms with van der Waals surface area (Å²) in [6, 6.07) is 13.9. The van der Waals surface area contributed by atoms with Gasteiger partial charge in [-0.1, -0.05) is 36.4 Å². The number of ether oxygens (including phenoxy) is 1. The van der Waals surface area contributed by atoms with Gasteiger partial charge in [-0.3, -0.25) is 4.79 Å². The van der Waals surface area contributed by atoms with Crippen molar-refractivity contribution < 1.29 is 19.4 Å². The average Bonchev–Trinajstić information content (AvgIpc) is 3.55. The number of benzene rings is 2. The topological polar surface area (TPSA) is 119 Å². The van der Waals surface area contributed by atoms with Crippen LogP contribution in [-0.4, -0.2) is 40.5 Å². The Morgan fingerprint density at radius 1 is 1.18 bits per heavy atom. The van der Waals surface area contributed by atoms with E-state index in [0.29, 0.717) is 30.9 Å². The second-order valence-electron chi connectivity index (χ2n) is 7.72. The van der Waals surface area contributed by atoms with E-state index in [2.05, 4.69) is 22.4 Å². The van der Waals surface area contributed by atoms with Crippen molar-refractivity contribution in [2.24, 2.45) is 12.8 Å². The number of aldehydes is 1. The molecule has 0 saturated carbocycles. The van der Waals surface area contributed by atoms with Crippen LogP contribution in [-0.2, 0) is 40.8 Å². The molecule has 0 aliphatic carbocycles. The van der Waals surface area contributed by atoms with Gasteiger partial charge in [-0.25, -0.2) is 4.98 Å². The Bertz CT molecular complexity index is 1180. The zero-order valence-electron chi connectivity index (χ0n) is 19.5. The second-order valence-corrected chi connectivity index (χ2v) is 7.72. The lowest BCUT2D eigenvalue weighted by Gasteiger charge is -2.05. The minimum atomic E-state index is -0.102. The Morgan fingerprint density at radius 3 is 2.68 bits per heavy atom. The molecule has 2 aromatic carbocycles. The molecule has 0 saturated heterocycles. The highest BCUT2D eigenvalue weighted by atomic mass is 16.5. The van der Waals surface area contributed by atoms with E-state index in [4.69, 9.17) is 15.6 Å². The maximum Gasteiger partial charge on any atom is 0.260 e. The number of para-hydroxylation sites is 1. The molecule has 0 bridgehead atoms. The molecule has 1 aromatic heterocycles. The van der Waals surface area contributed by atoms with E-state index in [1.165, 1.54) is 5.56 Å². The van der Waals surface area contributed by atoms with Gasteiger partial charge in [0.05, 0.1) is 11.9 Å². The zero-order chi connectivity index (χ0) is 24.5. The molecule has 8 nitrogen and oxygen atoms in total. The highest BCUT2D eigenvalue weighted by molar-refractivity contribution is 6.36. The Morgan fingerprint density at radius 2 is 1.97 bits per heavy atom. The number of rotatable bonds is 5. The van der Waals surface area contributed by atoms with Crippen molar-refractivity contribution in [1.82, 2.24) is 9.55 Å². The highest BCUT2D eigenvalue weighted by Gasteiger charge is 2.32. The van der Waals surface area contributed by atoms with E-state index in [1.807, 2.05) is 41.9 Å². The van der Waals surface area contributed by atoms with E-state index in [-0.39, 0.29) is 5.91 Å². The van der Waals surface area contributed by atoms with Crippen molar-refractivity contribution in [3.8, 4) is 0 Å². The molecule has 8 heteroatoms. The van der Waals surface area contributed by atoms with Crippen LogP contribution in [0.25, 0.3) is 11.3 Å². The molecule has 3 aromatic rings. The molecule has 1 amide bonds. The summed E-state index contributed by atoms with van der Waals surface area (Å²) in [6.07, 6.45) is 6.67. The number of aliphatic hydroxyl groups is 1. The molecule has 178 valence electrons. The third-order valence-corrected chi connectivity index (χ3v) is 5.55. The average molecular weight is 463 g/mol.